The van der Waals surface area contributed by atoms with Crippen LogP contribution in [0.25, 0.3) is 0 Å². The van der Waals surface area contributed by atoms with Gasteiger partial charge in [-0.2, -0.15) is 0 Å². The van der Waals surface area contributed by atoms with Crippen LogP contribution in [0.15, 0.2) is 0 Å². The first-order valence-corrected chi connectivity index (χ1v) is 7.15. The Morgan fingerprint density at radius 2 is 1.95 bits per heavy atom. The third kappa shape index (κ3) is 6.14. The van der Waals surface area contributed by atoms with Gasteiger partial charge in [-0.3, -0.25) is 4.79 Å². The van der Waals surface area contributed by atoms with Gasteiger partial charge in [-0.05, 0) is 51.7 Å². The highest BCUT2D eigenvalue weighted by atomic mass is 35.5. The maximum Gasteiger partial charge on any atom is 0.249 e. The van der Waals surface area contributed by atoms with Gasteiger partial charge in [-0.1, -0.05) is 0 Å². The molecule has 2 atom stereocenters. The van der Waals surface area contributed by atoms with Gasteiger partial charge < -0.3 is 20.7 Å². The van der Waals surface area contributed by atoms with E-state index in [1.165, 1.54) is 25.9 Å². The van der Waals surface area contributed by atoms with Crippen LogP contribution >= 0.6 is 24.8 Å². The van der Waals surface area contributed by atoms with Gasteiger partial charge in [-0.25, -0.2) is 0 Å². The van der Waals surface area contributed by atoms with Gasteiger partial charge in [0.25, 0.3) is 0 Å². The smallest absolute Gasteiger partial charge is 0.249 e. The Balaban J connectivity index is 0.00000180. The minimum Gasteiger partial charge on any atom is -0.364 e. The number of nitrogens with two attached hydrogens (primary N) is 1. The largest absolute Gasteiger partial charge is 0.364 e. The van der Waals surface area contributed by atoms with Gasteiger partial charge in [0.05, 0.1) is 6.10 Å². The first kappa shape index (κ1) is 19.9. The molecule has 20 heavy (non-hydrogen) atoms. The SMILES string of the molecule is Cl.Cl.NC[C@H]1CC[C@@H](C(=O)NCCCN2CCCC2)O1. The Labute approximate surface area is 133 Å². The van der Waals surface area contributed by atoms with E-state index < -0.39 is 0 Å². The molecule has 1 amide bonds. The number of amides is 1. The zero-order valence-corrected chi connectivity index (χ0v) is 13.5. The van der Waals surface area contributed by atoms with Gasteiger partial charge in [0.1, 0.15) is 6.10 Å². The van der Waals surface area contributed by atoms with Crippen molar-refractivity contribution in [3.8, 4) is 0 Å². The molecule has 0 aromatic heterocycles. The maximum atomic E-state index is 11.8. The molecule has 2 heterocycles. The lowest BCUT2D eigenvalue weighted by molar-refractivity contribution is -0.131. The van der Waals surface area contributed by atoms with Gasteiger partial charge in [0.2, 0.25) is 5.91 Å². The third-order valence-electron chi connectivity index (χ3n) is 3.81. The molecule has 0 unspecified atom stereocenters. The molecule has 2 aliphatic rings. The lowest BCUT2D eigenvalue weighted by atomic mass is 10.2. The second-order valence-electron chi connectivity index (χ2n) is 5.25. The van der Waals surface area contributed by atoms with E-state index in [1.807, 2.05) is 0 Å². The molecule has 2 aliphatic heterocycles. The van der Waals surface area contributed by atoms with Gasteiger partial charge in [0.15, 0.2) is 0 Å². The van der Waals surface area contributed by atoms with Crippen molar-refractivity contribution in [1.82, 2.24) is 10.2 Å². The van der Waals surface area contributed by atoms with Crippen molar-refractivity contribution in [3.63, 3.8) is 0 Å². The molecule has 5 nitrogen and oxygen atoms in total. The summed E-state index contributed by atoms with van der Waals surface area (Å²) in [5.41, 5.74) is 5.53. The number of carbonyl (C=O) groups is 1. The lowest BCUT2D eigenvalue weighted by Crippen LogP contribution is -2.37. The normalized spacial score (nSPS) is 25.9. The van der Waals surface area contributed by atoms with E-state index in [4.69, 9.17) is 10.5 Å². The maximum absolute atomic E-state index is 11.8. The van der Waals surface area contributed by atoms with Gasteiger partial charge in [-0.15, -0.1) is 24.8 Å². The Morgan fingerprint density at radius 1 is 1.25 bits per heavy atom. The molecule has 7 heteroatoms. The van der Waals surface area contributed by atoms with Crippen LogP contribution in [0.2, 0.25) is 0 Å². The number of ether oxygens (including phenoxy) is 1. The molecular formula is C13H27Cl2N3O2. The Bertz CT molecular complexity index is 276. The van der Waals surface area contributed by atoms with E-state index in [1.54, 1.807) is 0 Å². The van der Waals surface area contributed by atoms with Crippen molar-refractivity contribution >= 4 is 30.7 Å². The summed E-state index contributed by atoms with van der Waals surface area (Å²) in [5.74, 6) is 0.0346. The van der Waals surface area contributed by atoms with Crippen LogP contribution in [0, 0.1) is 0 Å². The number of halogens is 2. The summed E-state index contributed by atoms with van der Waals surface area (Å²) >= 11 is 0. The summed E-state index contributed by atoms with van der Waals surface area (Å²) in [5, 5.41) is 2.96. The van der Waals surface area contributed by atoms with Crippen LogP contribution in [0.5, 0.6) is 0 Å². The molecule has 0 saturated carbocycles. The van der Waals surface area contributed by atoms with E-state index in [0.29, 0.717) is 6.54 Å². The molecule has 2 fully saturated rings. The Morgan fingerprint density at radius 3 is 2.55 bits per heavy atom. The Hall–Kier alpha value is -0.0700. The second-order valence-corrected chi connectivity index (χ2v) is 5.25. The van der Waals surface area contributed by atoms with Gasteiger partial charge >= 0.3 is 0 Å². The number of likely N-dealkylation sites (tertiary alicyclic amines) is 1. The fourth-order valence-electron chi connectivity index (χ4n) is 2.71. The minimum absolute atomic E-state index is 0. The lowest BCUT2D eigenvalue weighted by Gasteiger charge is -2.15. The number of hydrogen-bond donors (Lipinski definition) is 2. The number of rotatable bonds is 6. The summed E-state index contributed by atoms with van der Waals surface area (Å²) in [6.45, 7) is 4.80. The first-order valence-electron chi connectivity index (χ1n) is 7.15. The molecule has 2 saturated heterocycles. The summed E-state index contributed by atoms with van der Waals surface area (Å²) in [7, 11) is 0. The number of nitrogens with one attached hydrogen (secondary N) is 1. The highest BCUT2D eigenvalue weighted by Crippen LogP contribution is 2.18. The predicted molar refractivity (Wildman–Crippen MR) is 84.7 cm³/mol. The molecule has 0 spiro atoms. The van der Waals surface area contributed by atoms with Crippen LogP contribution < -0.4 is 11.1 Å². The third-order valence-corrected chi connectivity index (χ3v) is 3.81. The standard InChI is InChI=1S/C13H25N3O2.2ClH/c14-10-11-4-5-12(18-11)13(17)15-6-3-9-16-7-1-2-8-16;;/h11-12H,1-10,14H2,(H,15,17);2*1H/t11-,12+;;/m1../s1. The molecular weight excluding hydrogens is 301 g/mol. The van der Waals surface area contributed by atoms with Crippen molar-refractivity contribution in [1.29, 1.82) is 0 Å². The van der Waals surface area contributed by atoms with Gasteiger partial charge in [0, 0.05) is 13.1 Å². The summed E-state index contributed by atoms with van der Waals surface area (Å²) < 4.78 is 5.56. The first-order chi connectivity index (χ1) is 8.79. The molecule has 0 aliphatic carbocycles. The molecule has 0 bridgehead atoms. The summed E-state index contributed by atoms with van der Waals surface area (Å²) in [6.07, 6.45) is 5.18. The van der Waals surface area contributed by atoms with Crippen molar-refractivity contribution < 1.29 is 9.53 Å². The van der Waals surface area contributed by atoms with Crippen molar-refractivity contribution in [2.45, 2.75) is 44.3 Å². The van der Waals surface area contributed by atoms with E-state index in [9.17, 15) is 4.79 Å². The summed E-state index contributed by atoms with van der Waals surface area (Å²) in [4.78, 5) is 14.3. The average molecular weight is 328 g/mol. The minimum atomic E-state index is -0.273. The fourth-order valence-corrected chi connectivity index (χ4v) is 2.71. The van der Waals surface area contributed by atoms with E-state index >= 15 is 0 Å². The van der Waals surface area contributed by atoms with Crippen LogP contribution in [-0.2, 0) is 9.53 Å². The molecule has 0 aromatic carbocycles. The van der Waals surface area contributed by atoms with Crippen molar-refractivity contribution in [3.05, 3.63) is 0 Å². The van der Waals surface area contributed by atoms with Crippen LogP contribution in [0.1, 0.15) is 32.1 Å². The number of carbonyl (C=O) groups excluding carboxylic acids is 1. The second kappa shape index (κ2) is 10.6. The van der Waals surface area contributed by atoms with E-state index in [0.717, 1.165) is 32.4 Å². The molecule has 3 N–H and O–H groups in total. The zero-order chi connectivity index (χ0) is 12.8. The van der Waals surface area contributed by atoms with Crippen molar-refractivity contribution in [2.24, 2.45) is 5.73 Å². The van der Waals surface area contributed by atoms with Crippen LogP contribution in [0.3, 0.4) is 0 Å². The fraction of sp³-hybridized carbons (Fsp3) is 0.923. The zero-order valence-electron chi connectivity index (χ0n) is 11.9. The quantitative estimate of drug-likeness (QED) is 0.712. The highest BCUT2D eigenvalue weighted by molar-refractivity contribution is 5.85. The number of nitrogens with zero attached hydrogens (tertiary/aromatic N) is 1. The molecule has 0 aromatic rings. The predicted octanol–water partition coefficient (Wildman–Crippen LogP) is 0.938. The molecule has 0 radical (unpaired) electrons. The van der Waals surface area contributed by atoms with Crippen molar-refractivity contribution in [2.75, 3.05) is 32.7 Å². The highest BCUT2D eigenvalue weighted by Gasteiger charge is 2.29. The van der Waals surface area contributed by atoms with Crippen LogP contribution in [0.4, 0.5) is 0 Å². The topological polar surface area (TPSA) is 67.6 Å². The molecule has 120 valence electrons. The van der Waals surface area contributed by atoms with E-state index in [2.05, 4.69) is 10.2 Å². The average Bonchev–Trinajstić information content (AvgIpc) is 3.05. The Kier molecular flexibility index (Phi) is 10.6. The monoisotopic (exact) mass is 327 g/mol. The summed E-state index contributed by atoms with van der Waals surface area (Å²) in [6, 6.07) is 0. The van der Waals surface area contributed by atoms with Crippen LogP contribution in [-0.4, -0.2) is 55.7 Å². The molecule has 2 rings (SSSR count). The number of hydrogen-bond acceptors (Lipinski definition) is 4. The van der Waals surface area contributed by atoms with E-state index in [-0.39, 0.29) is 42.9 Å².